The number of nitrogens with zero attached hydrogens (tertiary/aromatic N) is 2. The van der Waals surface area contributed by atoms with E-state index < -0.39 is 5.92 Å². The van der Waals surface area contributed by atoms with Crippen LogP contribution in [0.1, 0.15) is 30.9 Å². The molecule has 1 saturated heterocycles. The van der Waals surface area contributed by atoms with Crippen molar-refractivity contribution in [1.82, 2.24) is 0 Å². The van der Waals surface area contributed by atoms with Crippen molar-refractivity contribution in [2.45, 2.75) is 33.1 Å². The van der Waals surface area contributed by atoms with Gasteiger partial charge in [-0.15, -0.1) is 0 Å². The summed E-state index contributed by atoms with van der Waals surface area (Å²) in [5.74, 6) is -1.10. The number of hydrogen-bond acceptors (Lipinski definition) is 3. The smallest absolute Gasteiger partial charge is 0.229 e. The van der Waals surface area contributed by atoms with E-state index in [0.29, 0.717) is 30.8 Å². The molecule has 2 aromatic rings. The monoisotopic (exact) mass is 409 g/mol. The van der Waals surface area contributed by atoms with E-state index in [4.69, 9.17) is 0 Å². The summed E-state index contributed by atoms with van der Waals surface area (Å²) >= 11 is 0. The van der Waals surface area contributed by atoms with Crippen molar-refractivity contribution in [2.24, 2.45) is 5.92 Å². The lowest BCUT2D eigenvalue weighted by Crippen LogP contribution is -2.28. The third kappa shape index (κ3) is 3.67. The molecule has 2 aromatic carbocycles. The zero-order chi connectivity index (χ0) is 21.4. The Hall–Kier alpha value is -3.22. The fraction of sp³-hybridized carbons (Fsp3) is 0.348. The number of rotatable bonds is 4. The molecule has 1 atom stereocenters. The largest absolute Gasteiger partial charge is 0.326 e. The second-order valence-electron chi connectivity index (χ2n) is 7.82. The first kappa shape index (κ1) is 20.1. The number of amides is 3. The van der Waals surface area contributed by atoms with Crippen molar-refractivity contribution < 1.29 is 18.8 Å². The van der Waals surface area contributed by atoms with Crippen molar-refractivity contribution >= 4 is 34.8 Å². The lowest BCUT2D eigenvalue weighted by Gasteiger charge is -2.20. The van der Waals surface area contributed by atoms with E-state index in [0.717, 1.165) is 23.4 Å². The quantitative estimate of drug-likeness (QED) is 0.841. The first-order valence-corrected chi connectivity index (χ1v) is 10.2. The summed E-state index contributed by atoms with van der Waals surface area (Å²) in [4.78, 5) is 40.8. The Balaban J connectivity index is 1.47. The van der Waals surface area contributed by atoms with Gasteiger partial charge in [0, 0.05) is 43.0 Å². The summed E-state index contributed by atoms with van der Waals surface area (Å²) in [6.07, 6.45) is 1.34. The average Bonchev–Trinajstić information content (AvgIpc) is 3.32. The molecular formula is C23H24FN3O3. The Labute approximate surface area is 174 Å². The van der Waals surface area contributed by atoms with Crippen LogP contribution in [0.2, 0.25) is 0 Å². The number of carbonyl (C=O) groups is 3. The number of hydrogen-bond donors (Lipinski definition) is 1. The summed E-state index contributed by atoms with van der Waals surface area (Å²) in [5.41, 5.74) is 3.87. The molecule has 1 fully saturated rings. The SMILES string of the molecule is CCC(=O)N1CCc2cc(N3C[C@H](C(=O)Nc4ccc(F)cc4C)CC3=O)ccc21. The standard InChI is InChI=1S/C23H24FN3O3/c1-3-21(28)26-9-8-15-11-18(5-7-20(15)26)27-13-16(12-22(27)29)23(30)25-19-6-4-17(24)10-14(19)2/h4-7,10-11,16H,3,8-9,12-13H2,1-2H3,(H,25,30)/t16-/m1/s1. The van der Waals surface area contributed by atoms with Gasteiger partial charge in [-0.05, 0) is 60.9 Å². The lowest BCUT2D eigenvalue weighted by molar-refractivity contribution is -0.122. The number of benzene rings is 2. The van der Waals surface area contributed by atoms with Gasteiger partial charge in [-0.3, -0.25) is 14.4 Å². The maximum absolute atomic E-state index is 13.3. The number of fused-ring (bicyclic) bond motifs is 1. The molecule has 30 heavy (non-hydrogen) atoms. The van der Waals surface area contributed by atoms with Crippen LogP contribution in [0.25, 0.3) is 0 Å². The Morgan fingerprint density at radius 3 is 2.73 bits per heavy atom. The Kier molecular flexibility index (Phi) is 5.28. The molecule has 0 spiro atoms. The number of carbonyl (C=O) groups excluding carboxylic acids is 3. The maximum atomic E-state index is 13.3. The van der Waals surface area contributed by atoms with Gasteiger partial charge in [0.1, 0.15) is 5.82 Å². The van der Waals surface area contributed by atoms with E-state index in [2.05, 4.69) is 5.32 Å². The van der Waals surface area contributed by atoms with E-state index in [-0.39, 0.29) is 30.0 Å². The van der Waals surface area contributed by atoms with Crippen LogP contribution in [0.4, 0.5) is 21.5 Å². The van der Waals surface area contributed by atoms with E-state index in [9.17, 15) is 18.8 Å². The number of aryl methyl sites for hydroxylation is 1. The molecule has 156 valence electrons. The van der Waals surface area contributed by atoms with Gasteiger partial charge in [-0.25, -0.2) is 4.39 Å². The number of nitrogens with one attached hydrogen (secondary N) is 1. The molecule has 4 rings (SSSR count). The Morgan fingerprint density at radius 1 is 1.20 bits per heavy atom. The minimum atomic E-state index is -0.478. The molecule has 1 N–H and O–H groups in total. The van der Waals surface area contributed by atoms with Gasteiger partial charge in [0.15, 0.2) is 0 Å². The first-order valence-electron chi connectivity index (χ1n) is 10.2. The number of anilines is 3. The fourth-order valence-corrected chi connectivity index (χ4v) is 4.14. The maximum Gasteiger partial charge on any atom is 0.229 e. The van der Waals surface area contributed by atoms with Gasteiger partial charge in [-0.2, -0.15) is 0 Å². The van der Waals surface area contributed by atoms with Gasteiger partial charge in [0.05, 0.1) is 5.92 Å². The number of halogens is 1. The van der Waals surface area contributed by atoms with Gasteiger partial charge < -0.3 is 15.1 Å². The predicted octanol–water partition coefficient (Wildman–Crippen LogP) is 3.42. The van der Waals surface area contributed by atoms with Crippen molar-refractivity contribution in [3.05, 3.63) is 53.3 Å². The van der Waals surface area contributed by atoms with Crippen LogP contribution in [0.3, 0.4) is 0 Å². The summed E-state index contributed by atoms with van der Waals surface area (Å²) in [5, 5.41) is 2.81. The topological polar surface area (TPSA) is 69.7 Å². The second-order valence-corrected chi connectivity index (χ2v) is 7.82. The highest BCUT2D eigenvalue weighted by Gasteiger charge is 2.36. The predicted molar refractivity (Wildman–Crippen MR) is 113 cm³/mol. The van der Waals surface area contributed by atoms with Crippen molar-refractivity contribution in [1.29, 1.82) is 0 Å². The van der Waals surface area contributed by atoms with Crippen LogP contribution >= 0.6 is 0 Å². The molecule has 2 heterocycles. The van der Waals surface area contributed by atoms with Crippen LogP contribution < -0.4 is 15.1 Å². The molecule has 3 amide bonds. The van der Waals surface area contributed by atoms with E-state index in [1.807, 2.05) is 25.1 Å². The van der Waals surface area contributed by atoms with Gasteiger partial charge in [0.2, 0.25) is 17.7 Å². The first-order chi connectivity index (χ1) is 14.4. The molecule has 2 aliphatic rings. The highest BCUT2D eigenvalue weighted by Crippen LogP contribution is 2.34. The minimum Gasteiger partial charge on any atom is -0.326 e. The van der Waals surface area contributed by atoms with Crippen LogP contribution in [-0.4, -0.2) is 30.8 Å². The third-order valence-corrected chi connectivity index (χ3v) is 5.82. The van der Waals surface area contributed by atoms with Crippen LogP contribution in [0.5, 0.6) is 0 Å². The zero-order valence-electron chi connectivity index (χ0n) is 17.1. The fourth-order valence-electron chi connectivity index (χ4n) is 4.14. The van der Waals surface area contributed by atoms with Crippen molar-refractivity contribution in [3.63, 3.8) is 0 Å². The molecule has 0 aliphatic carbocycles. The van der Waals surface area contributed by atoms with Crippen molar-refractivity contribution in [3.8, 4) is 0 Å². The van der Waals surface area contributed by atoms with Crippen LogP contribution in [0.15, 0.2) is 36.4 Å². The third-order valence-electron chi connectivity index (χ3n) is 5.82. The summed E-state index contributed by atoms with van der Waals surface area (Å²) in [7, 11) is 0. The molecule has 0 radical (unpaired) electrons. The normalized spacial score (nSPS) is 18.0. The van der Waals surface area contributed by atoms with E-state index in [1.54, 1.807) is 16.7 Å². The highest BCUT2D eigenvalue weighted by atomic mass is 19.1. The van der Waals surface area contributed by atoms with Gasteiger partial charge in [0.25, 0.3) is 0 Å². The molecular weight excluding hydrogens is 385 g/mol. The molecule has 0 bridgehead atoms. The second kappa shape index (κ2) is 7.89. The minimum absolute atomic E-state index is 0.0894. The van der Waals surface area contributed by atoms with Crippen molar-refractivity contribution in [2.75, 3.05) is 28.2 Å². The summed E-state index contributed by atoms with van der Waals surface area (Å²) in [6.45, 7) is 4.51. The summed E-state index contributed by atoms with van der Waals surface area (Å²) < 4.78 is 13.3. The lowest BCUT2D eigenvalue weighted by atomic mass is 10.1. The van der Waals surface area contributed by atoms with Gasteiger partial charge >= 0.3 is 0 Å². The molecule has 0 unspecified atom stereocenters. The van der Waals surface area contributed by atoms with Gasteiger partial charge in [-0.1, -0.05) is 6.92 Å². The van der Waals surface area contributed by atoms with Crippen LogP contribution in [0, 0.1) is 18.7 Å². The molecule has 7 heteroatoms. The van der Waals surface area contributed by atoms with E-state index >= 15 is 0 Å². The molecule has 2 aliphatic heterocycles. The Morgan fingerprint density at radius 2 is 2.00 bits per heavy atom. The van der Waals surface area contributed by atoms with Crippen LogP contribution in [-0.2, 0) is 20.8 Å². The zero-order valence-corrected chi connectivity index (χ0v) is 17.1. The average molecular weight is 409 g/mol. The molecule has 0 aromatic heterocycles. The Bertz CT molecular complexity index is 1040. The van der Waals surface area contributed by atoms with E-state index in [1.165, 1.54) is 18.2 Å². The molecule has 6 nitrogen and oxygen atoms in total. The highest BCUT2D eigenvalue weighted by molar-refractivity contribution is 6.04. The summed E-state index contributed by atoms with van der Waals surface area (Å²) in [6, 6.07) is 9.85. The molecule has 0 saturated carbocycles.